The third kappa shape index (κ3) is 6.99. The standard InChI is InChI=1S/C37H42ClF2N11O4/c1-46(23-12-14-48(15-13-23)27-4-3-5-28-32(27)47(2)37(55)51(28)29-10-11-30(52)44-36(29)54)18-21-6-8-24(9-7-21)49-20-26(31(45-49)33(39)40)43-35(53)25-17-42-50-19-22(38)16-41-34(25)50/h3-5,16-17,19-21,23-24,29,33H,6-15,18H2,1-2H3,(H,43,53)(H,44,52,54). The van der Waals surface area contributed by atoms with Crippen LogP contribution in [0.15, 0.2) is 47.8 Å². The highest BCUT2D eigenvalue weighted by Gasteiger charge is 2.34. The zero-order valence-electron chi connectivity index (χ0n) is 30.5. The van der Waals surface area contributed by atoms with Gasteiger partial charge in [0, 0.05) is 51.5 Å². The number of para-hydroxylation sites is 1. The van der Waals surface area contributed by atoms with E-state index in [2.05, 4.69) is 42.7 Å². The molecule has 8 rings (SSSR count). The van der Waals surface area contributed by atoms with Gasteiger partial charge in [-0.15, -0.1) is 0 Å². The van der Waals surface area contributed by atoms with Gasteiger partial charge in [-0.05, 0) is 70.0 Å². The molecule has 55 heavy (non-hydrogen) atoms. The molecule has 0 radical (unpaired) electrons. The number of carbonyl (C=O) groups excluding carboxylic acids is 3. The maximum Gasteiger partial charge on any atom is 0.329 e. The minimum absolute atomic E-state index is 0.0353. The number of aromatic nitrogens is 7. The summed E-state index contributed by atoms with van der Waals surface area (Å²) >= 11 is 5.96. The molecular formula is C37H42ClF2N11O4. The molecule has 1 atom stereocenters. The number of nitrogens with one attached hydrogen (secondary N) is 2. The molecule has 15 nitrogen and oxygen atoms in total. The van der Waals surface area contributed by atoms with Crippen molar-refractivity contribution in [1.82, 2.24) is 43.7 Å². The van der Waals surface area contributed by atoms with Gasteiger partial charge in [0.05, 0.1) is 45.9 Å². The van der Waals surface area contributed by atoms with Gasteiger partial charge in [-0.2, -0.15) is 10.2 Å². The van der Waals surface area contributed by atoms with Gasteiger partial charge in [-0.3, -0.25) is 33.5 Å². The molecule has 1 aromatic carbocycles. The molecule has 1 aliphatic carbocycles. The number of anilines is 2. The second-order valence-electron chi connectivity index (χ2n) is 14.9. The number of nitrogens with zero attached hydrogens (tertiary/aromatic N) is 9. The lowest BCUT2D eigenvalue weighted by Crippen LogP contribution is -2.45. The van der Waals surface area contributed by atoms with Crippen LogP contribution in [0.3, 0.4) is 0 Å². The van der Waals surface area contributed by atoms with Crippen molar-refractivity contribution < 1.29 is 23.2 Å². The molecule has 4 aromatic heterocycles. The van der Waals surface area contributed by atoms with Gasteiger partial charge in [-0.25, -0.2) is 23.1 Å². The number of halogens is 3. The number of amides is 3. The number of aryl methyl sites for hydroxylation is 1. The first-order valence-electron chi connectivity index (χ1n) is 18.6. The third-order valence-corrected chi connectivity index (χ3v) is 11.7. The quantitative estimate of drug-likeness (QED) is 0.202. The molecule has 5 aromatic rings. The topological polar surface area (TPSA) is 157 Å². The molecule has 18 heteroatoms. The first-order chi connectivity index (χ1) is 26.5. The molecule has 3 aliphatic rings. The molecule has 2 saturated heterocycles. The van der Waals surface area contributed by atoms with Crippen LogP contribution in [-0.4, -0.2) is 88.9 Å². The highest BCUT2D eigenvalue weighted by molar-refractivity contribution is 6.30. The molecule has 1 unspecified atom stereocenters. The molecule has 0 spiro atoms. The molecule has 3 fully saturated rings. The van der Waals surface area contributed by atoms with E-state index in [4.69, 9.17) is 11.6 Å². The lowest BCUT2D eigenvalue weighted by Gasteiger charge is -2.40. The summed E-state index contributed by atoms with van der Waals surface area (Å²) in [7, 11) is 3.90. The Morgan fingerprint density at radius 1 is 1.05 bits per heavy atom. The van der Waals surface area contributed by atoms with Gasteiger partial charge in [0.1, 0.15) is 11.6 Å². The monoisotopic (exact) mass is 777 g/mol. The van der Waals surface area contributed by atoms with Crippen molar-refractivity contribution in [3.05, 3.63) is 69.8 Å². The summed E-state index contributed by atoms with van der Waals surface area (Å²) in [5, 5.41) is 13.6. The predicted molar refractivity (Wildman–Crippen MR) is 201 cm³/mol. The summed E-state index contributed by atoms with van der Waals surface area (Å²) in [5.74, 6) is -0.928. The maximum absolute atomic E-state index is 14.1. The van der Waals surface area contributed by atoms with Crippen molar-refractivity contribution >= 4 is 57.4 Å². The van der Waals surface area contributed by atoms with E-state index >= 15 is 0 Å². The number of imidazole rings is 1. The maximum atomic E-state index is 14.1. The molecule has 290 valence electrons. The van der Waals surface area contributed by atoms with E-state index in [1.807, 2.05) is 18.2 Å². The van der Waals surface area contributed by atoms with Crippen LogP contribution < -0.4 is 21.2 Å². The number of piperidine rings is 2. The van der Waals surface area contributed by atoms with Crippen molar-refractivity contribution in [3.63, 3.8) is 0 Å². The Hall–Kier alpha value is -5.16. The van der Waals surface area contributed by atoms with E-state index in [1.165, 1.54) is 33.9 Å². The molecule has 3 amide bonds. The van der Waals surface area contributed by atoms with Gasteiger partial charge in [0.15, 0.2) is 11.3 Å². The second-order valence-corrected chi connectivity index (χ2v) is 15.4. The summed E-state index contributed by atoms with van der Waals surface area (Å²) in [6.45, 7) is 2.55. The van der Waals surface area contributed by atoms with Crippen molar-refractivity contribution in [3.8, 4) is 0 Å². The average molecular weight is 778 g/mol. The second kappa shape index (κ2) is 14.8. The van der Waals surface area contributed by atoms with E-state index < -0.39 is 30.0 Å². The van der Waals surface area contributed by atoms with E-state index in [1.54, 1.807) is 16.3 Å². The normalized spacial score (nSPS) is 21.3. The predicted octanol–water partition coefficient (Wildman–Crippen LogP) is 4.73. The fourth-order valence-corrected chi connectivity index (χ4v) is 8.79. The Morgan fingerprint density at radius 2 is 1.82 bits per heavy atom. The zero-order valence-corrected chi connectivity index (χ0v) is 31.3. The van der Waals surface area contributed by atoms with Gasteiger partial charge in [0.2, 0.25) is 11.8 Å². The number of fused-ring (bicyclic) bond motifs is 2. The summed E-state index contributed by atoms with van der Waals surface area (Å²) in [4.78, 5) is 59.9. The average Bonchev–Trinajstić information content (AvgIpc) is 3.86. The van der Waals surface area contributed by atoms with Crippen LogP contribution in [0.5, 0.6) is 0 Å². The van der Waals surface area contributed by atoms with E-state index in [0.29, 0.717) is 22.5 Å². The number of imide groups is 1. The van der Waals surface area contributed by atoms with E-state index in [-0.39, 0.29) is 47.4 Å². The largest absolute Gasteiger partial charge is 0.370 e. The van der Waals surface area contributed by atoms with Crippen LogP contribution in [-0.2, 0) is 16.6 Å². The van der Waals surface area contributed by atoms with E-state index in [9.17, 15) is 28.0 Å². The highest BCUT2D eigenvalue weighted by Crippen LogP contribution is 2.37. The third-order valence-electron chi connectivity index (χ3n) is 11.6. The minimum atomic E-state index is -2.87. The van der Waals surface area contributed by atoms with Gasteiger partial charge in [-0.1, -0.05) is 17.7 Å². The summed E-state index contributed by atoms with van der Waals surface area (Å²) < 4.78 is 34.2. The summed E-state index contributed by atoms with van der Waals surface area (Å²) in [6.07, 6.45) is 8.64. The van der Waals surface area contributed by atoms with Crippen LogP contribution in [0.25, 0.3) is 16.7 Å². The van der Waals surface area contributed by atoms with Gasteiger partial charge >= 0.3 is 5.69 Å². The minimum Gasteiger partial charge on any atom is -0.370 e. The first kappa shape index (κ1) is 36.8. The lowest BCUT2D eigenvalue weighted by atomic mass is 9.85. The van der Waals surface area contributed by atoms with E-state index in [0.717, 1.165) is 69.4 Å². The van der Waals surface area contributed by atoms with Crippen LogP contribution >= 0.6 is 11.6 Å². The Balaban J connectivity index is 0.867. The van der Waals surface area contributed by atoms with Gasteiger partial charge < -0.3 is 15.1 Å². The first-order valence-corrected chi connectivity index (χ1v) is 19.0. The van der Waals surface area contributed by atoms with Gasteiger partial charge in [0.25, 0.3) is 12.3 Å². The van der Waals surface area contributed by atoms with Crippen LogP contribution in [0.1, 0.15) is 85.9 Å². The number of benzene rings is 1. The van der Waals surface area contributed by atoms with Crippen LogP contribution in [0.4, 0.5) is 20.2 Å². The molecule has 2 N–H and O–H groups in total. The summed E-state index contributed by atoms with van der Waals surface area (Å²) in [6, 6.07) is 5.40. The smallest absolute Gasteiger partial charge is 0.329 e. The fraction of sp³-hybridized carbons (Fsp3) is 0.486. The molecular weight excluding hydrogens is 736 g/mol. The Morgan fingerprint density at radius 3 is 2.55 bits per heavy atom. The van der Waals surface area contributed by atoms with Crippen LogP contribution in [0.2, 0.25) is 5.02 Å². The molecule has 6 heterocycles. The Bertz CT molecular complexity index is 2340. The van der Waals surface area contributed by atoms with Crippen LogP contribution in [0, 0.1) is 5.92 Å². The molecule has 1 saturated carbocycles. The van der Waals surface area contributed by atoms with Crippen molar-refractivity contribution in [2.75, 3.05) is 36.9 Å². The number of carbonyl (C=O) groups is 3. The number of hydrogen-bond acceptors (Lipinski definition) is 9. The van der Waals surface area contributed by atoms with Crippen molar-refractivity contribution in [2.45, 2.75) is 75.9 Å². The SMILES string of the molecule is CN(CC1CCC(n2cc(NC(=O)c3cnn4cc(Cl)cnc34)c(C(F)F)n2)CC1)C1CCN(c2cccc3c2n(C)c(=O)n3C2CCC(=O)NC2=O)CC1. The lowest BCUT2D eigenvalue weighted by molar-refractivity contribution is -0.135. The number of rotatable bonds is 9. The molecule has 2 aliphatic heterocycles. The number of alkyl halides is 2. The number of hydrogen-bond donors (Lipinski definition) is 2. The Labute approximate surface area is 319 Å². The Kier molecular flexibility index (Phi) is 9.92. The fourth-order valence-electron chi connectivity index (χ4n) is 8.65. The van der Waals surface area contributed by atoms with Crippen molar-refractivity contribution in [2.24, 2.45) is 13.0 Å². The summed E-state index contributed by atoms with van der Waals surface area (Å²) in [5.41, 5.74) is 2.02. The zero-order chi connectivity index (χ0) is 38.5. The molecule has 0 bridgehead atoms. The highest BCUT2D eigenvalue weighted by atomic mass is 35.5. The van der Waals surface area contributed by atoms with Crippen molar-refractivity contribution in [1.29, 1.82) is 0 Å².